The van der Waals surface area contributed by atoms with Crippen LogP contribution in [0.15, 0.2) is 53.5 Å². The van der Waals surface area contributed by atoms with Gasteiger partial charge in [0.1, 0.15) is 0 Å². The second-order valence-corrected chi connectivity index (χ2v) is 6.54. The molecule has 0 amide bonds. The molecule has 0 fully saturated rings. The third-order valence-electron chi connectivity index (χ3n) is 3.92. The third-order valence-corrected chi connectivity index (χ3v) is 4.89. The Bertz CT molecular complexity index is 640. The summed E-state index contributed by atoms with van der Waals surface area (Å²) in [6, 6.07) is 16.4. The van der Waals surface area contributed by atoms with Gasteiger partial charge in [-0.05, 0) is 54.5 Å². The number of amidine groups is 1. The highest BCUT2D eigenvalue weighted by Gasteiger charge is 2.16. The zero-order chi connectivity index (χ0) is 15.4. The average molecular weight is 331 g/mol. The Morgan fingerprint density at radius 1 is 1.00 bits per heavy atom. The highest BCUT2D eigenvalue weighted by atomic mass is 35.5. The minimum atomic E-state index is 0.745. The molecule has 1 heterocycles. The van der Waals surface area contributed by atoms with Gasteiger partial charge in [-0.25, -0.2) is 4.99 Å². The van der Waals surface area contributed by atoms with Crippen LogP contribution in [0.2, 0.25) is 5.02 Å². The van der Waals surface area contributed by atoms with Crippen molar-refractivity contribution in [1.82, 2.24) is 4.90 Å². The lowest BCUT2D eigenvalue weighted by atomic mass is 10.0. The fourth-order valence-corrected chi connectivity index (χ4v) is 3.49. The first-order chi connectivity index (χ1) is 10.8. The summed E-state index contributed by atoms with van der Waals surface area (Å²) >= 11 is 7.65. The topological polar surface area (TPSA) is 15.6 Å². The number of hydrogen-bond donors (Lipinski definition) is 0. The van der Waals surface area contributed by atoms with Crippen LogP contribution in [0.5, 0.6) is 0 Å². The summed E-state index contributed by atoms with van der Waals surface area (Å²) in [5, 5.41) is 1.82. The van der Waals surface area contributed by atoms with E-state index in [-0.39, 0.29) is 0 Å². The molecule has 0 atom stereocenters. The summed E-state index contributed by atoms with van der Waals surface area (Å²) in [6.45, 7) is 2.04. The summed E-state index contributed by atoms with van der Waals surface area (Å²) in [7, 11) is 0. The van der Waals surface area contributed by atoms with Crippen LogP contribution >= 0.6 is 23.4 Å². The van der Waals surface area contributed by atoms with Gasteiger partial charge in [-0.2, -0.15) is 0 Å². The number of halogens is 1. The van der Waals surface area contributed by atoms with Crippen LogP contribution in [0.4, 0.5) is 5.69 Å². The molecule has 0 aromatic heterocycles. The third kappa shape index (κ3) is 3.65. The molecule has 22 heavy (non-hydrogen) atoms. The van der Waals surface area contributed by atoms with Crippen LogP contribution in [-0.4, -0.2) is 29.4 Å². The second kappa shape index (κ2) is 7.21. The van der Waals surface area contributed by atoms with Crippen molar-refractivity contribution in [2.24, 2.45) is 4.99 Å². The summed E-state index contributed by atoms with van der Waals surface area (Å²) < 4.78 is 0. The molecule has 1 aliphatic rings. The van der Waals surface area contributed by atoms with E-state index in [2.05, 4.69) is 35.4 Å². The molecule has 0 radical (unpaired) electrons. The number of fused-ring (bicyclic) bond motifs is 1. The zero-order valence-corrected chi connectivity index (χ0v) is 14.2. The molecule has 2 aromatic carbocycles. The van der Waals surface area contributed by atoms with Crippen molar-refractivity contribution in [2.75, 3.05) is 19.3 Å². The summed E-state index contributed by atoms with van der Waals surface area (Å²) in [4.78, 5) is 7.18. The van der Waals surface area contributed by atoms with Gasteiger partial charge in [0.2, 0.25) is 0 Å². The Kier molecular flexibility index (Phi) is 5.06. The first-order valence-electron chi connectivity index (χ1n) is 7.46. The predicted octanol–water partition coefficient (Wildman–Crippen LogP) is 4.79. The van der Waals surface area contributed by atoms with Gasteiger partial charge < -0.3 is 4.90 Å². The van der Waals surface area contributed by atoms with Gasteiger partial charge in [0.15, 0.2) is 5.17 Å². The molecule has 0 saturated carbocycles. The van der Waals surface area contributed by atoms with E-state index in [1.807, 2.05) is 24.3 Å². The largest absolute Gasteiger partial charge is 0.351 e. The molecule has 3 rings (SSSR count). The highest BCUT2D eigenvalue weighted by molar-refractivity contribution is 8.13. The van der Waals surface area contributed by atoms with E-state index in [0.29, 0.717) is 0 Å². The normalized spacial score (nSPS) is 15.4. The molecule has 0 saturated heterocycles. The van der Waals surface area contributed by atoms with Crippen molar-refractivity contribution in [3.05, 3.63) is 64.7 Å². The molecule has 2 nitrogen and oxygen atoms in total. The minimum absolute atomic E-state index is 0.745. The Labute approximate surface area is 141 Å². The van der Waals surface area contributed by atoms with Crippen LogP contribution in [0.3, 0.4) is 0 Å². The van der Waals surface area contributed by atoms with Gasteiger partial charge in [0, 0.05) is 18.1 Å². The fraction of sp³-hybridized carbons (Fsp3) is 0.278. The minimum Gasteiger partial charge on any atom is -0.351 e. The van der Waals surface area contributed by atoms with E-state index in [1.165, 1.54) is 11.1 Å². The molecule has 0 bridgehead atoms. The van der Waals surface area contributed by atoms with Crippen molar-refractivity contribution in [3.63, 3.8) is 0 Å². The lowest BCUT2D eigenvalue weighted by Gasteiger charge is -2.22. The number of benzene rings is 2. The van der Waals surface area contributed by atoms with Crippen molar-refractivity contribution in [1.29, 1.82) is 0 Å². The molecule has 0 unspecified atom stereocenters. The van der Waals surface area contributed by atoms with Crippen molar-refractivity contribution >= 4 is 34.2 Å². The average Bonchev–Trinajstić information content (AvgIpc) is 2.77. The lowest BCUT2D eigenvalue weighted by Crippen LogP contribution is -2.31. The van der Waals surface area contributed by atoms with E-state index in [0.717, 1.165) is 41.8 Å². The van der Waals surface area contributed by atoms with E-state index in [1.54, 1.807) is 11.8 Å². The van der Waals surface area contributed by atoms with Crippen LogP contribution in [0.25, 0.3) is 0 Å². The SMILES string of the molecule is CSC(=Nc1ccc(Cl)cc1)N1CCc2ccccc2CC1. The zero-order valence-electron chi connectivity index (χ0n) is 12.6. The first kappa shape index (κ1) is 15.4. The molecule has 2 aromatic rings. The van der Waals surface area contributed by atoms with E-state index in [4.69, 9.17) is 16.6 Å². The van der Waals surface area contributed by atoms with E-state index >= 15 is 0 Å². The van der Waals surface area contributed by atoms with Gasteiger partial charge in [-0.15, -0.1) is 0 Å². The maximum atomic E-state index is 5.94. The van der Waals surface area contributed by atoms with E-state index < -0.39 is 0 Å². The quantitative estimate of drug-likeness (QED) is 0.552. The Morgan fingerprint density at radius 2 is 1.59 bits per heavy atom. The van der Waals surface area contributed by atoms with Gasteiger partial charge in [0.05, 0.1) is 5.69 Å². The van der Waals surface area contributed by atoms with Gasteiger partial charge in [-0.1, -0.05) is 47.6 Å². The van der Waals surface area contributed by atoms with Gasteiger partial charge in [0.25, 0.3) is 0 Å². The number of nitrogens with zero attached hydrogens (tertiary/aromatic N) is 2. The number of hydrogen-bond acceptors (Lipinski definition) is 2. The van der Waals surface area contributed by atoms with Crippen molar-refractivity contribution < 1.29 is 0 Å². The van der Waals surface area contributed by atoms with Crippen LogP contribution in [-0.2, 0) is 12.8 Å². The van der Waals surface area contributed by atoms with Crippen LogP contribution in [0.1, 0.15) is 11.1 Å². The van der Waals surface area contributed by atoms with Crippen LogP contribution < -0.4 is 0 Å². The Balaban J connectivity index is 1.78. The molecule has 0 N–H and O–H groups in total. The molecular weight excluding hydrogens is 312 g/mol. The monoisotopic (exact) mass is 330 g/mol. The number of rotatable bonds is 1. The van der Waals surface area contributed by atoms with Crippen molar-refractivity contribution in [3.8, 4) is 0 Å². The molecular formula is C18H19ClN2S. The molecule has 1 aliphatic heterocycles. The Morgan fingerprint density at radius 3 is 2.14 bits per heavy atom. The first-order valence-corrected chi connectivity index (χ1v) is 9.06. The smallest absolute Gasteiger partial charge is 0.164 e. The lowest BCUT2D eigenvalue weighted by molar-refractivity contribution is 0.447. The molecule has 0 spiro atoms. The number of thioether (sulfide) groups is 1. The highest BCUT2D eigenvalue weighted by Crippen LogP contribution is 2.22. The molecule has 4 heteroatoms. The maximum absolute atomic E-state index is 5.94. The summed E-state index contributed by atoms with van der Waals surface area (Å²) in [6.07, 6.45) is 4.25. The van der Waals surface area contributed by atoms with Crippen molar-refractivity contribution in [2.45, 2.75) is 12.8 Å². The molecule has 0 aliphatic carbocycles. The summed E-state index contributed by atoms with van der Waals surface area (Å²) in [5.41, 5.74) is 3.89. The Hall–Kier alpha value is -1.45. The van der Waals surface area contributed by atoms with E-state index in [9.17, 15) is 0 Å². The maximum Gasteiger partial charge on any atom is 0.164 e. The predicted molar refractivity (Wildman–Crippen MR) is 97.5 cm³/mol. The fourth-order valence-electron chi connectivity index (χ4n) is 2.73. The van der Waals surface area contributed by atoms with Gasteiger partial charge in [-0.3, -0.25) is 0 Å². The molecule has 114 valence electrons. The number of aliphatic imine (C=N–C) groups is 1. The summed E-state index contributed by atoms with van der Waals surface area (Å²) in [5.74, 6) is 0. The van der Waals surface area contributed by atoms with Crippen LogP contribution in [0, 0.1) is 0 Å². The standard InChI is InChI=1S/C18H19ClN2S/c1-22-18(20-17-8-6-16(19)7-9-17)21-12-10-14-4-2-3-5-15(14)11-13-21/h2-9H,10-13H2,1H3. The second-order valence-electron chi connectivity index (χ2n) is 5.33. The van der Waals surface area contributed by atoms with Gasteiger partial charge >= 0.3 is 0 Å².